The molecule has 0 radical (unpaired) electrons. The molecule has 180 valence electrons. The van der Waals surface area contributed by atoms with Gasteiger partial charge in [-0.1, -0.05) is 10.4 Å². The Kier molecular flexibility index (Phi) is 5.75. The lowest BCUT2D eigenvalue weighted by Crippen LogP contribution is -2.39. The minimum absolute atomic E-state index is 0.0323. The third-order valence-corrected chi connectivity index (χ3v) is 5.62. The molecule has 1 aliphatic heterocycles. The van der Waals surface area contributed by atoms with E-state index < -0.39 is 11.7 Å². The number of nitrogens with zero attached hydrogens (tertiary/aromatic N) is 7. The van der Waals surface area contributed by atoms with Crippen LogP contribution >= 0.6 is 0 Å². The van der Waals surface area contributed by atoms with Crippen molar-refractivity contribution in [1.29, 1.82) is 0 Å². The number of pyridine rings is 1. The monoisotopic (exact) mass is 487 g/mol. The fraction of sp³-hybridized carbons (Fsp3) is 0.273. The van der Waals surface area contributed by atoms with Gasteiger partial charge < -0.3 is 9.42 Å². The first-order valence-electron chi connectivity index (χ1n) is 10.6. The average molecular weight is 487 g/mol. The zero-order valence-electron chi connectivity index (χ0n) is 18.0. The van der Waals surface area contributed by atoms with Gasteiger partial charge in [0.1, 0.15) is 5.82 Å². The first-order valence-corrected chi connectivity index (χ1v) is 10.6. The lowest BCUT2D eigenvalue weighted by atomic mass is 9.97. The van der Waals surface area contributed by atoms with Crippen LogP contribution in [0.4, 0.5) is 17.6 Å². The van der Waals surface area contributed by atoms with Crippen LogP contribution in [0.5, 0.6) is 0 Å². The van der Waals surface area contributed by atoms with Crippen LogP contribution in [0.3, 0.4) is 0 Å². The second-order valence-electron chi connectivity index (χ2n) is 8.00. The zero-order chi connectivity index (χ0) is 24.6. The summed E-state index contributed by atoms with van der Waals surface area (Å²) in [5, 5.41) is 11.6. The molecule has 1 fully saturated rings. The Labute approximate surface area is 195 Å². The summed E-state index contributed by atoms with van der Waals surface area (Å²) in [6.07, 6.45) is -1.06. The number of hydrogen-bond acceptors (Lipinski definition) is 7. The molecule has 5 rings (SSSR count). The highest BCUT2D eigenvalue weighted by Gasteiger charge is 2.32. The largest absolute Gasteiger partial charge is 0.417 e. The van der Waals surface area contributed by atoms with Crippen LogP contribution in [0.25, 0.3) is 17.2 Å². The number of likely N-dealkylation sites (tertiary alicyclic amines) is 1. The summed E-state index contributed by atoms with van der Waals surface area (Å²) < 4.78 is 57.9. The van der Waals surface area contributed by atoms with Crippen LogP contribution in [0.15, 0.2) is 53.3 Å². The van der Waals surface area contributed by atoms with Crippen molar-refractivity contribution in [2.45, 2.75) is 24.9 Å². The smallest absolute Gasteiger partial charge is 0.339 e. The molecule has 1 atom stereocenters. The summed E-state index contributed by atoms with van der Waals surface area (Å²) in [6.45, 7) is 0.801. The van der Waals surface area contributed by atoms with Crippen LogP contribution < -0.4 is 0 Å². The van der Waals surface area contributed by atoms with Crippen molar-refractivity contribution < 1.29 is 26.9 Å². The zero-order valence-corrected chi connectivity index (χ0v) is 18.0. The molecule has 0 bridgehead atoms. The normalized spacial score (nSPS) is 16.5. The molecule has 0 spiro atoms. The van der Waals surface area contributed by atoms with E-state index in [4.69, 9.17) is 4.52 Å². The summed E-state index contributed by atoms with van der Waals surface area (Å²) in [6, 6.07) is 7.74. The summed E-state index contributed by atoms with van der Waals surface area (Å²) in [5.41, 5.74) is -0.246. The van der Waals surface area contributed by atoms with Crippen LogP contribution in [-0.4, -0.2) is 54.0 Å². The molecule has 1 aliphatic rings. The summed E-state index contributed by atoms with van der Waals surface area (Å²) in [7, 11) is 0. The van der Waals surface area contributed by atoms with Gasteiger partial charge in [-0.15, -0.1) is 5.10 Å². The number of alkyl halides is 3. The molecule has 1 amide bonds. The van der Waals surface area contributed by atoms with Gasteiger partial charge in [0.15, 0.2) is 11.5 Å². The Bertz CT molecular complexity index is 1330. The number of halogens is 4. The van der Waals surface area contributed by atoms with Gasteiger partial charge in [-0.25, -0.2) is 14.1 Å². The molecule has 1 unspecified atom stereocenters. The lowest BCUT2D eigenvalue weighted by Gasteiger charge is -2.30. The Morgan fingerprint density at radius 3 is 2.63 bits per heavy atom. The Morgan fingerprint density at radius 1 is 1.11 bits per heavy atom. The average Bonchev–Trinajstić information content (AvgIpc) is 3.54. The predicted octanol–water partition coefficient (Wildman–Crippen LogP) is 3.89. The van der Waals surface area contributed by atoms with E-state index in [-0.39, 0.29) is 29.2 Å². The van der Waals surface area contributed by atoms with Crippen molar-refractivity contribution in [1.82, 2.24) is 35.0 Å². The fourth-order valence-electron chi connectivity index (χ4n) is 3.81. The topological polar surface area (TPSA) is 103 Å². The second kappa shape index (κ2) is 8.89. The standard InChI is InChI=1S/C22H17F4N7O2/c23-16-6-3-13(4-7-16)19-28-20(35-30-19)14-2-1-9-32(11-14)21(34)17-12-33(31-29-17)18-8-5-15(10-27-18)22(24,25)26/h3-8,10,12,14H,1-2,9,11H2. The van der Waals surface area contributed by atoms with Crippen molar-refractivity contribution in [3.05, 3.63) is 71.8 Å². The minimum atomic E-state index is -4.50. The molecule has 3 aromatic heterocycles. The summed E-state index contributed by atoms with van der Waals surface area (Å²) in [4.78, 5) is 22.8. The van der Waals surface area contributed by atoms with Crippen molar-refractivity contribution in [3.8, 4) is 17.2 Å². The van der Waals surface area contributed by atoms with E-state index in [2.05, 4.69) is 25.4 Å². The third-order valence-electron chi connectivity index (χ3n) is 5.62. The van der Waals surface area contributed by atoms with Gasteiger partial charge in [-0.2, -0.15) is 18.2 Å². The number of rotatable bonds is 4. The molecule has 13 heteroatoms. The molecule has 0 N–H and O–H groups in total. The minimum Gasteiger partial charge on any atom is -0.339 e. The number of hydrogen-bond donors (Lipinski definition) is 0. The SMILES string of the molecule is O=C(c1cn(-c2ccc(C(F)(F)F)cn2)nn1)N1CCCC(c2nc(-c3ccc(F)cc3)no2)C1. The van der Waals surface area contributed by atoms with Crippen molar-refractivity contribution >= 4 is 5.91 Å². The molecular formula is C22H17F4N7O2. The van der Waals surface area contributed by atoms with Crippen molar-refractivity contribution in [2.75, 3.05) is 13.1 Å². The maximum atomic E-state index is 13.2. The molecule has 1 aromatic carbocycles. The van der Waals surface area contributed by atoms with Crippen LogP contribution in [-0.2, 0) is 6.18 Å². The van der Waals surface area contributed by atoms with E-state index >= 15 is 0 Å². The van der Waals surface area contributed by atoms with Gasteiger partial charge in [-0.05, 0) is 49.2 Å². The molecule has 9 nitrogen and oxygen atoms in total. The summed E-state index contributed by atoms with van der Waals surface area (Å²) in [5.74, 6) is -0.146. The molecule has 35 heavy (non-hydrogen) atoms. The molecule has 4 heterocycles. The highest BCUT2D eigenvalue weighted by Crippen LogP contribution is 2.30. The van der Waals surface area contributed by atoms with Gasteiger partial charge in [0, 0.05) is 24.8 Å². The Morgan fingerprint density at radius 2 is 1.91 bits per heavy atom. The van der Waals surface area contributed by atoms with Crippen LogP contribution in [0, 0.1) is 5.82 Å². The van der Waals surface area contributed by atoms with E-state index in [0.717, 1.165) is 23.2 Å². The quantitative estimate of drug-likeness (QED) is 0.403. The Hall–Kier alpha value is -4.16. The van der Waals surface area contributed by atoms with Crippen LogP contribution in [0.2, 0.25) is 0 Å². The highest BCUT2D eigenvalue weighted by molar-refractivity contribution is 5.92. The first-order chi connectivity index (χ1) is 16.8. The maximum absolute atomic E-state index is 13.2. The molecule has 4 aromatic rings. The second-order valence-corrected chi connectivity index (χ2v) is 8.00. The molecule has 1 saturated heterocycles. The number of piperidine rings is 1. The molecule has 0 aliphatic carbocycles. The fourth-order valence-corrected chi connectivity index (χ4v) is 3.81. The summed E-state index contributed by atoms with van der Waals surface area (Å²) >= 11 is 0. The maximum Gasteiger partial charge on any atom is 0.417 e. The van der Waals surface area contributed by atoms with E-state index in [0.29, 0.717) is 43.0 Å². The van der Waals surface area contributed by atoms with Crippen molar-refractivity contribution in [2.24, 2.45) is 0 Å². The van der Waals surface area contributed by atoms with Gasteiger partial charge in [0.05, 0.1) is 17.7 Å². The molecular weight excluding hydrogens is 470 g/mol. The predicted molar refractivity (Wildman–Crippen MR) is 112 cm³/mol. The first kappa shape index (κ1) is 22.6. The van der Waals surface area contributed by atoms with Crippen LogP contribution in [0.1, 0.15) is 40.7 Å². The van der Waals surface area contributed by atoms with Gasteiger partial charge in [-0.3, -0.25) is 4.79 Å². The lowest BCUT2D eigenvalue weighted by molar-refractivity contribution is -0.137. The highest BCUT2D eigenvalue weighted by atomic mass is 19.4. The third kappa shape index (κ3) is 4.74. The Balaban J connectivity index is 1.28. The van der Waals surface area contributed by atoms with Gasteiger partial charge in [0.25, 0.3) is 5.91 Å². The van der Waals surface area contributed by atoms with E-state index in [1.54, 1.807) is 17.0 Å². The van der Waals surface area contributed by atoms with E-state index in [9.17, 15) is 22.4 Å². The number of benzene rings is 1. The van der Waals surface area contributed by atoms with Gasteiger partial charge >= 0.3 is 6.18 Å². The molecule has 0 saturated carbocycles. The van der Waals surface area contributed by atoms with Gasteiger partial charge in [0.2, 0.25) is 11.7 Å². The van der Waals surface area contributed by atoms with Crippen molar-refractivity contribution in [3.63, 3.8) is 0 Å². The number of amides is 1. The van der Waals surface area contributed by atoms with E-state index in [1.807, 2.05) is 0 Å². The number of carbonyl (C=O) groups is 1. The van der Waals surface area contributed by atoms with E-state index in [1.165, 1.54) is 18.3 Å². The number of aromatic nitrogens is 6. The number of carbonyl (C=O) groups excluding carboxylic acids is 1.